The Kier molecular flexibility index (Phi) is 5.31. The van der Waals surface area contributed by atoms with Crippen molar-refractivity contribution in [1.29, 1.82) is 0 Å². The van der Waals surface area contributed by atoms with E-state index in [0.717, 1.165) is 58.9 Å². The molecule has 0 bridgehead atoms. The molecule has 1 saturated carbocycles. The second kappa shape index (κ2) is 8.45. The number of anilines is 1. The third-order valence-corrected chi connectivity index (χ3v) is 7.62. The van der Waals surface area contributed by atoms with Gasteiger partial charge >= 0.3 is 0 Å². The fourth-order valence-corrected chi connectivity index (χ4v) is 6.02. The molecule has 0 radical (unpaired) electrons. The molecule has 1 N–H and O–H groups in total. The molecule has 0 amide bonds. The third-order valence-electron chi connectivity index (χ3n) is 7.62. The Morgan fingerprint density at radius 1 is 1.03 bits per heavy atom. The number of ether oxygens (including phenoxy) is 1. The van der Waals surface area contributed by atoms with E-state index >= 15 is 0 Å². The van der Waals surface area contributed by atoms with Crippen LogP contribution in [-0.4, -0.2) is 63.5 Å². The zero-order valence-electron chi connectivity index (χ0n) is 18.8. The molecular weight excluding hydrogens is 400 g/mol. The molecule has 168 valence electrons. The van der Waals surface area contributed by atoms with Crippen LogP contribution in [-0.2, 0) is 11.8 Å². The summed E-state index contributed by atoms with van der Waals surface area (Å²) in [6.07, 6.45) is 10.8. The largest absolute Gasteiger partial charge is 0.381 e. The SMILES string of the molecule is Cn1cc2cc(-c3cnc(N[C@H]4C[C@@H]5CN(CC6CCOCC6)C[C@@H]5C4)nc3)ccc2n1. The van der Waals surface area contributed by atoms with Crippen molar-refractivity contribution < 1.29 is 4.74 Å². The summed E-state index contributed by atoms with van der Waals surface area (Å²) in [5, 5.41) is 9.19. The van der Waals surface area contributed by atoms with Gasteiger partial charge in [-0.3, -0.25) is 4.68 Å². The quantitative estimate of drug-likeness (QED) is 0.665. The molecule has 2 aromatic heterocycles. The average Bonchev–Trinajstić information content (AvgIpc) is 3.46. The fourth-order valence-electron chi connectivity index (χ4n) is 6.02. The molecular formula is C25H32N6O. The van der Waals surface area contributed by atoms with E-state index in [-0.39, 0.29) is 0 Å². The first kappa shape index (κ1) is 20.1. The second-order valence-electron chi connectivity index (χ2n) is 9.98. The van der Waals surface area contributed by atoms with E-state index in [2.05, 4.69) is 43.5 Å². The van der Waals surface area contributed by atoms with Crippen LogP contribution in [0.3, 0.4) is 0 Å². The molecule has 7 heteroatoms. The predicted molar refractivity (Wildman–Crippen MR) is 125 cm³/mol. The Labute approximate surface area is 189 Å². The Morgan fingerprint density at radius 2 is 1.78 bits per heavy atom. The zero-order chi connectivity index (χ0) is 21.5. The van der Waals surface area contributed by atoms with E-state index in [4.69, 9.17) is 4.74 Å². The van der Waals surface area contributed by atoms with Crippen LogP contribution in [0.4, 0.5) is 5.95 Å². The molecule has 32 heavy (non-hydrogen) atoms. The zero-order valence-corrected chi connectivity index (χ0v) is 18.8. The lowest BCUT2D eigenvalue weighted by atomic mass is 10.00. The van der Waals surface area contributed by atoms with Crippen LogP contribution in [0, 0.1) is 17.8 Å². The van der Waals surface area contributed by atoms with Crippen LogP contribution in [0.15, 0.2) is 36.8 Å². The minimum absolute atomic E-state index is 0.493. The maximum absolute atomic E-state index is 5.52. The van der Waals surface area contributed by atoms with Gasteiger partial charge in [-0.2, -0.15) is 5.10 Å². The van der Waals surface area contributed by atoms with Crippen molar-refractivity contribution in [3.8, 4) is 11.1 Å². The number of nitrogens with zero attached hydrogens (tertiary/aromatic N) is 5. The average molecular weight is 433 g/mol. The first-order valence-electron chi connectivity index (χ1n) is 12.0. The van der Waals surface area contributed by atoms with Crippen molar-refractivity contribution in [2.75, 3.05) is 38.2 Å². The Balaban J connectivity index is 1.04. The summed E-state index contributed by atoms with van der Waals surface area (Å²) < 4.78 is 7.36. The van der Waals surface area contributed by atoms with E-state index < -0.39 is 0 Å². The molecule has 3 aromatic rings. The summed E-state index contributed by atoms with van der Waals surface area (Å²) in [6.45, 7) is 5.69. The number of fused-ring (bicyclic) bond motifs is 2. The minimum atomic E-state index is 0.493. The molecule has 4 heterocycles. The number of hydrogen-bond acceptors (Lipinski definition) is 6. The number of nitrogens with one attached hydrogen (secondary N) is 1. The normalized spacial score (nSPS) is 26.6. The van der Waals surface area contributed by atoms with Crippen LogP contribution in [0.2, 0.25) is 0 Å². The topological polar surface area (TPSA) is 68.1 Å². The van der Waals surface area contributed by atoms with Crippen LogP contribution in [0.25, 0.3) is 22.0 Å². The molecule has 1 aliphatic carbocycles. The van der Waals surface area contributed by atoms with Gasteiger partial charge < -0.3 is 15.0 Å². The van der Waals surface area contributed by atoms with Crippen molar-refractivity contribution in [2.24, 2.45) is 24.8 Å². The van der Waals surface area contributed by atoms with Gasteiger partial charge in [-0.05, 0) is 61.1 Å². The second-order valence-corrected chi connectivity index (χ2v) is 9.98. The standard InChI is InChI=1S/C25H32N6O/c1-30-14-21-8-18(2-3-24(21)29-30)22-11-26-25(27-12-22)28-23-9-19-15-31(16-20(19)10-23)13-17-4-6-32-7-5-17/h2-3,8,11-12,14,17,19-20,23H,4-7,9-10,13,15-16H2,1H3,(H,26,27,28)/t19-,20+,23+. The maximum atomic E-state index is 5.52. The Morgan fingerprint density at radius 3 is 2.53 bits per heavy atom. The smallest absolute Gasteiger partial charge is 0.222 e. The number of aryl methyl sites for hydroxylation is 1. The highest BCUT2D eigenvalue weighted by Crippen LogP contribution is 2.39. The van der Waals surface area contributed by atoms with Crippen molar-refractivity contribution >= 4 is 16.9 Å². The van der Waals surface area contributed by atoms with Crippen molar-refractivity contribution in [2.45, 2.75) is 31.7 Å². The first-order valence-corrected chi connectivity index (χ1v) is 12.0. The summed E-state index contributed by atoms with van der Waals surface area (Å²) in [4.78, 5) is 12.0. The lowest BCUT2D eigenvalue weighted by molar-refractivity contribution is 0.0545. The van der Waals surface area contributed by atoms with Gasteiger partial charge in [0.05, 0.1) is 5.52 Å². The monoisotopic (exact) mass is 432 g/mol. The van der Waals surface area contributed by atoms with Gasteiger partial charge in [-0.15, -0.1) is 0 Å². The van der Waals surface area contributed by atoms with E-state index in [1.54, 1.807) is 0 Å². The van der Waals surface area contributed by atoms with Gasteiger partial charge in [-0.1, -0.05) is 6.07 Å². The minimum Gasteiger partial charge on any atom is -0.381 e. The van der Waals surface area contributed by atoms with Crippen LogP contribution >= 0.6 is 0 Å². The van der Waals surface area contributed by atoms with E-state index in [9.17, 15) is 0 Å². The maximum Gasteiger partial charge on any atom is 0.222 e. The molecule has 1 aromatic carbocycles. The van der Waals surface area contributed by atoms with Crippen LogP contribution in [0.1, 0.15) is 25.7 Å². The first-order chi connectivity index (χ1) is 15.7. The van der Waals surface area contributed by atoms with Gasteiger partial charge in [0.25, 0.3) is 0 Å². The molecule has 6 rings (SSSR count). The molecule has 0 spiro atoms. The highest BCUT2D eigenvalue weighted by Gasteiger charge is 2.41. The van der Waals surface area contributed by atoms with E-state index in [0.29, 0.717) is 6.04 Å². The van der Waals surface area contributed by atoms with Gasteiger partial charge in [0, 0.05) is 75.5 Å². The van der Waals surface area contributed by atoms with Crippen molar-refractivity contribution in [3.05, 3.63) is 36.8 Å². The number of aromatic nitrogens is 4. The third kappa shape index (κ3) is 4.11. The molecule has 0 unspecified atom stereocenters. The van der Waals surface area contributed by atoms with Crippen LogP contribution in [0.5, 0.6) is 0 Å². The van der Waals surface area contributed by atoms with Crippen molar-refractivity contribution in [3.63, 3.8) is 0 Å². The van der Waals surface area contributed by atoms with E-state index in [1.807, 2.05) is 30.3 Å². The molecule has 2 aliphatic heterocycles. The van der Waals surface area contributed by atoms with Gasteiger partial charge in [-0.25, -0.2) is 9.97 Å². The molecule has 2 saturated heterocycles. The summed E-state index contributed by atoms with van der Waals surface area (Å²) >= 11 is 0. The summed E-state index contributed by atoms with van der Waals surface area (Å²) in [6, 6.07) is 6.79. The molecule has 3 atom stereocenters. The lowest BCUT2D eigenvalue weighted by Gasteiger charge is -2.27. The number of benzene rings is 1. The summed E-state index contributed by atoms with van der Waals surface area (Å²) in [5.74, 6) is 3.22. The van der Waals surface area contributed by atoms with Gasteiger partial charge in [0.15, 0.2) is 0 Å². The van der Waals surface area contributed by atoms with Crippen LogP contribution < -0.4 is 5.32 Å². The van der Waals surface area contributed by atoms with Gasteiger partial charge in [0.2, 0.25) is 5.95 Å². The van der Waals surface area contributed by atoms with Crippen molar-refractivity contribution in [1.82, 2.24) is 24.6 Å². The molecule has 7 nitrogen and oxygen atoms in total. The molecule has 3 fully saturated rings. The predicted octanol–water partition coefficient (Wildman–Crippen LogP) is 3.58. The number of likely N-dealkylation sites (tertiary alicyclic amines) is 1. The summed E-state index contributed by atoms with van der Waals surface area (Å²) in [5.41, 5.74) is 3.17. The van der Waals surface area contributed by atoms with Gasteiger partial charge in [0.1, 0.15) is 0 Å². The highest BCUT2D eigenvalue weighted by molar-refractivity contribution is 5.83. The Bertz CT molecular complexity index is 1060. The highest BCUT2D eigenvalue weighted by atomic mass is 16.5. The number of hydrogen-bond donors (Lipinski definition) is 1. The summed E-state index contributed by atoms with van der Waals surface area (Å²) in [7, 11) is 1.95. The Hall–Kier alpha value is -2.51. The fraction of sp³-hybridized carbons (Fsp3) is 0.560. The molecule has 3 aliphatic rings. The number of rotatable bonds is 5. The van der Waals surface area contributed by atoms with E-state index in [1.165, 1.54) is 45.3 Å². The lowest BCUT2D eigenvalue weighted by Crippen LogP contribution is -2.32.